The molecule has 0 aliphatic heterocycles. The van der Waals surface area contributed by atoms with Gasteiger partial charge in [0.05, 0.1) is 40.3 Å². The normalized spacial score (nSPS) is 13.0. The van der Waals surface area contributed by atoms with Crippen molar-refractivity contribution in [2.45, 2.75) is 405 Å². The average molecular weight is 1320 g/mol. The number of allylic oxidation sites excluding steroid dienone is 12. The number of carboxylic acid groups (broad SMARTS) is 1. The van der Waals surface area contributed by atoms with Crippen molar-refractivity contribution in [3.05, 3.63) is 72.9 Å². The summed E-state index contributed by atoms with van der Waals surface area (Å²) in [7, 11) is 5.95. The fraction of sp³-hybridized carbons (Fsp3) is 0.824. The fourth-order valence-corrected chi connectivity index (χ4v) is 12.1. The molecule has 0 aromatic rings. The number of carbonyl (C=O) groups excluding carboxylic acids is 3. The fourth-order valence-electron chi connectivity index (χ4n) is 12.1. The Bertz CT molecular complexity index is 1780. The van der Waals surface area contributed by atoms with Crippen LogP contribution in [0.25, 0.3) is 0 Å². The molecule has 0 aromatic heterocycles. The van der Waals surface area contributed by atoms with Crippen LogP contribution in [0.5, 0.6) is 0 Å². The average Bonchev–Trinajstić information content (AvgIpc) is 3.75. The highest BCUT2D eigenvalue weighted by atomic mass is 16.7. The number of ether oxygens (including phenoxy) is 4. The smallest absolute Gasteiger partial charge is 0.306 e. The molecule has 0 heterocycles. The van der Waals surface area contributed by atoms with Crippen LogP contribution in [-0.4, -0.2) is 82.3 Å². The second kappa shape index (κ2) is 75.5. The molecule has 0 fully saturated rings. The number of hydrogen-bond acceptors (Lipinski definition) is 8. The number of carbonyl (C=O) groups is 3. The predicted molar refractivity (Wildman–Crippen MR) is 403 cm³/mol. The number of aliphatic carboxylic acids is 1. The van der Waals surface area contributed by atoms with Crippen molar-refractivity contribution in [1.82, 2.24) is 0 Å². The maximum atomic E-state index is 13.0. The summed E-state index contributed by atoms with van der Waals surface area (Å²) in [6.45, 7) is 4.70. The minimum atomic E-state index is -1.62. The molecule has 0 aliphatic carbocycles. The third-order valence-electron chi connectivity index (χ3n) is 18.2. The molecular formula is C85H155NO8. The van der Waals surface area contributed by atoms with Gasteiger partial charge in [-0.3, -0.25) is 9.59 Å². The minimum Gasteiger partial charge on any atom is -0.545 e. The van der Waals surface area contributed by atoms with E-state index in [1.807, 2.05) is 21.1 Å². The lowest BCUT2D eigenvalue weighted by Crippen LogP contribution is -2.44. The van der Waals surface area contributed by atoms with E-state index < -0.39 is 24.3 Å². The highest BCUT2D eigenvalue weighted by Gasteiger charge is 2.22. The van der Waals surface area contributed by atoms with Gasteiger partial charge in [0.1, 0.15) is 13.2 Å². The molecule has 0 aromatic carbocycles. The Morgan fingerprint density at radius 2 is 0.606 bits per heavy atom. The monoisotopic (exact) mass is 1320 g/mol. The van der Waals surface area contributed by atoms with Crippen LogP contribution in [0.4, 0.5) is 0 Å². The van der Waals surface area contributed by atoms with E-state index in [1.165, 1.54) is 289 Å². The summed E-state index contributed by atoms with van der Waals surface area (Å²) in [5.41, 5.74) is 0. The van der Waals surface area contributed by atoms with Crippen LogP contribution >= 0.6 is 0 Å². The first kappa shape index (κ1) is 90.7. The van der Waals surface area contributed by atoms with Crippen LogP contribution in [0, 0.1) is 0 Å². The van der Waals surface area contributed by atoms with Gasteiger partial charge in [0.25, 0.3) is 0 Å². The summed E-state index contributed by atoms with van der Waals surface area (Å²) in [5, 5.41) is 11.9. The molecule has 0 amide bonds. The molecule has 548 valence electrons. The molecule has 2 unspecified atom stereocenters. The number of likely N-dealkylation sites (N-methyl/N-ethyl adjacent to an activating group) is 1. The Labute approximate surface area is 583 Å². The van der Waals surface area contributed by atoms with E-state index in [1.54, 1.807) is 0 Å². The first-order chi connectivity index (χ1) is 46.1. The van der Waals surface area contributed by atoms with Crippen LogP contribution < -0.4 is 5.11 Å². The summed E-state index contributed by atoms with van der Waals surface area (Å²) >= 11 is 0. The van der Waals surface area contributed by atoms with Gasteiger partial charge < -0.3 is 33.3 Å². The Kier molecular flexibility index (Phi) is 72.9. The second-order valence-corrected chi connectivity index (χ2v) is 28.7. The number of unbranched alkanes of at least 4 members (excludes halogenated alkanes) is 49. The number of carboxylic acids is 1. The lowest BCUT2D eigenvalue weighted by atomic mass is 10.0. The Morgan fingerprint density at radius 1 is 0.330 bits per heavy atom. The SMILES string of the molecule is CC/C=C\C/C=C\C/C=C\C/C=C\C/C=C\C/C=C\CCCCCCCCCCCCCCCCCCCCC(=O)OC(COC(=O)CCCCCCCCCCCCCCCCCCCCCCCCCCCCCCCCCC)COC(OCC[N+](C)(C)C)C(=O)[O-]. The zero-order valence-corrected chi connectivity index (χ0v) is 62.8. The van der Waals surface area contributed by atoms with E-state index in [9.17, 15) is 19.5 Å². The maximum absolute atomic E-state index is 13.0. The van der Waals surface area contributed by atoms with E-state index in [0.717, 1.165) is 70.6 Å². The number of rotatable bonds is 76. The van der Waals surface area contributed by atoms with Crippen LogP contribution in [0.15, 0.2) is 72.9 Å². The van der Waals surface area contributed by atoms with Gasteiger partial charge in [-0.2, -0.15) is 0 Å². The molecule has 0 rings (SSSR count). The molecule has 0 saturated carbocycles. The molecule has 0 spiro atoms. The van der Waals surface area contributed by atoms with Gasteiger partial charge in [-0.25, -0.2) is 0 Å². The zero-order chi connectivity index (χ0) is 68.2. The number of esters is 2. The van der Waals surface area contributed by atoms with Crippen LogP contribution in [0.2, 0.25) is 0 Å². The number of nitrogens with zero attached hydrogens (tertiary/aromatic N) is 1. The van der Waals surface area contributed by atoms with Crippen molar-refractivity contribution >= 4 is 17.9 Å². The van der Waals surface area contributed by atoms with Crippen molar-refractivity contribution in [3.8, 4) is 0 Å². The molecule has 2 atom stereocenters. The quantitative estimate of drug-likeness (QED) is 0.0195. The van der Waals surface area contributed by atoms with Crippen LogP contribution in [-0.2, 0) is 33.3 Å². The lowest BCUT2D eigenvalue weighted by Gasteiger charge is -2.26. The van der Waals surface area contributed by atoms with Gasteiger partial charge in [0.15, 0.2) is 12.4 Å². The van der Waals surface area contributed by atoms with Crippen molar-refractivity contribution in [2.75, 3.05) is 47.5 Å². The topological polar surface area (TPSA) is 111 Å². The highest BCUT2D eigenvalue weighted by Crippen LogP contribution is 2.20. The molecule has 0 aliphatic rings. The van der Waals surface area contributed by atoms with E-state index >= 15 is 0 Å². The molecule has 9 heteroatoms. The lowest BCUT2D eigenvalue weighted by molar-refractivity contribution is -0.870. The Morgan fingerprint density at radius 3 is 0.904 bits per heavy atom. The first-order valence-electron chi connectivity index (χ1n) is 40.6. The molecule has 0 saturated heterocycles. The molecule has 0 N–H and O–H groups in total. The van der Waals surface area contributed by atoms with E-state index in [0.29, 0.717) is 23.9 Å². The van der Waals surface area contributed by atoms with E-state index in [-0.39, 0.29) is 32.2 Å². The van der Waals surface area contributed by atoms with E-state index in [2.05, 4.69) is 86.8 Å². The third-order valence-corrected chi connectivity index (χ3v) is 18.2. The summed E-state index contributed by atoms with van der Waals surface area (Å²) < 4.78 is 22.9. The summed E-state index contributed by atoms with van der Waals surface area (Å²) in [6.07, 6.45) is 98.9. The standard InChI is InChI=1S/C85H155NO8/c1-6-8-10-12-14-16-18-20-22-24-26-28-30-32-34-36-38-40-41-42-43-44-46-48-50-52-54-56-58-60-62-64-66-68-70-72-74-76-83(88)94-81(80-93-85(84(89)90)91-78-77-86(3,4)5)79-92-82(87)75-73-71-69-67-65-63-61-59-57-55-53-51-49-47-45-39-37-35-33-31-29-27-25-23-21-19-17-15-13-11-9-7-2/h8,10,14,16,20,22,26,28,32,34,38,40,81,85H,6-7,9,11-13,15,17-19,21,23-25,27,29-31,33,35-37,39,41-80H2,1-5H3/b10-8-,16-14-,22-20-,28-26-,34-32-,40-38-. The Balaban J connectivity index is 3.98. The molecule has 94 heavy (non-hydrogen) atoms. The highest BCUT2D eigenvalue weighted by molar-refractivity contribution is 5.70. The van der Waals surface area contributed by atoms with Gasteiger partial charge >= 0.3 is 11.9 Å². The van der Waals surface area contributed by atoms with Crippen LogP contribution in [0.3, 0.4) is 0 Å². The maximum Gasteiger partial charge on any atom is 0.306 e. The van der Waals surface area contributed by atoms with Gasteiger partial charge in [0, 0.05) is 12.8 Å². The molecule has 9 nitrogen and oxygen atoms in total. The molecule has 0 bridgehead atoms. The summed E-state index contributed by atoms with van der Waals surface area (Å²) in [5.74, 6) is -2.25. The van der Waals surface area contributed by atoms with Gasteiger partial charge in [-0.15, -0.1) is 0 Å². The van der Waals surface area contributed by atoms with E-state index in [4.69, 9.17) is 18.9 Å². The van der Waals surface area contributed by atoms with Gasteiger partial charge in [-0.05, 0) is 64.2 Å². The number of hydrogen-bond donors (Lipinski definition) is 0. The first-order valence-corrected chi connectivity index (χ1v) is 40.6. The zero-order valence-electron chi connectivity index (χ0n) is 62.8. The van der Waals surface area contributed by atoms with Crippen molar-refractivity contribution < 1.29 is 42.9 Å². The van der Waals surface area contributed by atoms with Crippen LogP contribution in [0.1, 0.15) is 393 Å². The molecular weight excluding hydrogens is 1160 g/mol. The largest absolute Gasteiger partial charge is 0.545 e. The summed E-state index contributed by atoms with van der Waals surface area (Å²) in [6, 6.07) is 0. The van der Waals surface area contributed by atoms with Gasteiger partial charge in [0.2, 0.25) is 0 Å². The van der Waals surface area contributed by atoms with Crippen molar-refractivity contribution in [3.63, 3.8) is 0 Å². The minimum absolute atomic E-state index is 0.149. The second-order valence-electron chi connectivity index (χ2n) is 28.7. The van der Waals surface area contributed by atoms with Crippen molar-refractivity contribution in [2.24, 2.45) is 0 Å². The number of quaternary nitrogens is 1. The van der Waals surface area contributed by atoms with Crippen molar-refractivity contribution in [1.29, 1.82) is 0 Å². The predicted octanol–water partition coefficient (Wildman–Crippen LogP) is 24.6. The third kappa shape index (κ3) is 76.1. The Hall–Kier alpha value is -3.27. The summed E-state index contributed by atoms with van der Waals surface area (Å²) in [4.78, 5) is 37.6. The van der Waals surface area contributed by atoms with Gasteiger partial charge in [-0.1, -0.05) is 389 Å². The molecule has 0 radical (unpaired) electrons.